The number of hydrogen-bond acceptors (Lipinski definition) is 5. The van der Waals surface area contributed by atoms with Crippen LogP contribution in [0.1, 0.15) is 17.5 Å². The minimum atomic E-state index is -0.0488. The van der Waals surface area contributed by atoms with Gasteiger partial charge in [0.2, 0.25) is 5.91 Å². The van der Waals surface area contributed by atoms with E-state index in [1.54, 1.807) is 14.2 Å². The van der Waals surface area contributed by atoms with Crippen LogP contribution in [0.4, 0.5) is 0 Å². The summed E-state index contributed by atoms with van der Waals surface area (Å²) in [4.78, 5) is 12.8. The van der Waals surface area contributed by atoms with Gasteiger partial charge in [-0.3, -0.25) is 4.79 Å². The summed E-state index contributed by atoms with van der Waals surface area (Å²) in [5, 5.41) is 6.09. The zero-order valence-corrected chi connectivity index (χ0v) is 17.6. The third kappa shape index (κ3) is 4.86. The number of methoxy groups -OCH3 is 2. The molecule has 6 heteroatoms. The summed E-state index contributed by atoms with van der Waals surface area (Å²) >= 11 is 0. The average Bonchev–Trinajstić information content (AvgIpc) is 3.30. The minimum absolute atomic E-state index is 0.0488. The Hall–Kier alpha value is -3.80. The van der Waals surface area contributed by atoms with Crippen LogP contribution in [0.3, 0.4) is 0 Å². The lowest BCUT2D eigenvalue weighted by molar-refractivity contribution is -0.130. The Labute approximate surface area is 181 Å². The molecule has 158 valence electrons. The van der Waals surface area contributed by atoms with E-state index in [1.165, 1.54) is 5.01 Å². The van der Waals surface area contributed by atoms with Gasteiger partial charge in [-0.2, -0.15) is 5.10 Å². The summed E-state index contributed by atoms with van der Waals surface area (Å²) in [5.41, 5.74) is 2.66. The second-order valence-electron chi connectivity index (χ2n) is 7.12. The van der Waals surface area contributed by atoms with E-state index in [-0.39, 0.29) is 12.3 Å². The van der Waals surface area contributed by atoms with E-state index >= 15 is 0 Å². The molecule has 1 heterocycles. The number of benzene rings is 3. The highest BCUT2D eigenvalue weighted by atomic mass is 16.5. The van der Waals surface area contributed by atoms with Crippen molar-refractivity contribution >= 4 is 11.6 Å². The summed E-state index contributed by atoms with van der Waals surface area (Å²) in [7, 11) is 3.20. The molecule has 0 aliphatic carbocycles. The van der Waals surface area contributed by atoms with Crippen LogP contribution in [0.5, 0.6) is 23.0 Å². The summed E-state index contributed by atoms with van der Waals surface area (Å²) in [6.07, 6.45) is 0.951. The predicted octanol–water partition coefficient (Wildman–Crippen LogP) is 4.68. The zero-order chi connectivity index (χ0) is 21.6. The molecule has 0 aromatic heterocycles. The molecule has 1 amide bonds. The van der Waals surface area contributed by atoms with E-state index in [0.717, 1.165) is 22.6 Å². The minimum Gasteiger partial charge on any atom is -0.493 e. The molecule has 0 bridgehead atoms. The molecule has 0 N–H and O–H groups in total. The molecular formula is C25H24N2O4. The number of hydrogen-bond donors (Lipinski definition) is 0. The molecule has 0 saturated heterocycles. The Kier molecular flexibility index (Phi) is 6.17. The Balaban J connectivity index is 1.44. The van der Waals surface area contributed by atoms with E-state index in [9.17, 15) is 4.79 Å². The quantitative estimate of drug-likeness (QED) is 0.561. The fourth-order valence-electron chi connectivity index (χ4n) is 3.47. The maximum atomic E-state index is 12.8. The van der Waals surface area contributed by atoms with E-state index in [1.807, 2.05) is 72.8 Å². The molecule has 0 atom stereocenters. The summed E-state index contributed by atoms with van der Waals surface area (Å²) in [6.45, 7) is 0.558. The Morgan fingerprint density at radius 3 is 2.45 bits per heavy atom. The third-order valence-corrected chi connectivity index (χ3v) is 5.04. The van der Waals surface area contributed by atoms with Crippen molar-refractivity contribution in [1.29, 1.82) is 0 Å². The normalized spacial score (nSPS) is 13.0. The fraction of sp³-hybridized carbons (Fsp3) is 0.200. The van der Waals surface area contributed by atoms with Crippen LogP contribution in [-0.4, -0.2) is 37.4 Å². The number of hydrazone groups is 1. The molecule has 1 aliphatic heterocycles. The van der Waals surface area contributed by atoms with Crippen LogP contribution >= 0.6 is 0 Å². The Morgan fingerprint density at radius 2 is 1.68 bits per heavy atom. The first-order chi connectivity index (χ1) is 15.2. The molecule has 0 radical (unpaired) electrons. The molecule has 0 spiro atoms. The lowest BCUT2D eigenvalue weighted by Crippen LogP contribution is -2.25. The number of rotatable bonds is 7. The zero-order valence-electron chi connectivity index (χ0n) is 17.6. The van der Waals surface area contributed by atoms with Gasteiger partial charge in [-0.15, -0.1) is 0 Å². The van der Waals surface area contributed by atoms with E-state index < -0.39 is 0 Å². The number of para-hydroxylation sites is 1. The van der Waals surface area contributed by atoms with Crippen molar-refractivity contribution in [2.45, 2.75) is 12.8 Å². The van der Waals surface area contributed by atoms with Gasteiger partial charge >= 0.3 is 0 Å². The van der Waals surface area contributed by atoms with Crippen molar-refractivity contribution < 1.29 is 19.0 Å². The molecule has 0 fully saturated rings. The topological polar surface area (TPSA) is 60.4 Å². The van der Waals surface area contributed by atoms with Crippen molar-refractivity contribution in [3.63, 3.8) is 0 Å². The molecular weight excluding hydrogens is 392 g/mol. The lowest BCUT2D eigenvalue weighted by Gasteiger charge is -2.12. The van der Waals surface area contributed by atoms with Crippen molar-refractivity contribution in [3.05, 3.63) is 83.9 Å². The molecule has 4 rings (SSSR count). The van der Waals surface area contributed by atoms with Crippen LogP contribution in [0.25, 0.3) is 0 Å². The lowest BCUT2D eigenvalue weighted by atomic mass is 10.1. The summed E-state index contributed by atoms with van der Waals surface area (Å²) in [5.74, 6) is 2.72. The van der Waals surface area contributed by atoms with Gasteiger partial charge in [0, 0.05) is 12.0 Å². The van der Waals surface area contributed by atoms with Gasteiger partial charge in [0.25, 0.3) is 0 Å². The number of nitrogens with zero attached hydrogens (tertiary/aromatic N) is 2. The van der Waals surface area contributed by atoms with Crippen LogP contribution in [-0.2, 0) is 11.2 Å². The molecule has 6 nitrogen and oxygen atoms in total. The SMILES string of the molecule is COc1ccc(C2=NN(C(=O)Cc3cccc(Oc4ccccc4)c3)CC2)cc1OC. The first-order valence-electron chi connectivity index (χ1n) is 10.1. The fourth-order valence-corrected chi connectivity index (χ4v) is 3.47. The number of amides is 1. The van der Waals surface area contributed by atoms with Crippen LogP contribution in [0, 0.1) is 0 Å². The van der Waals surface area contributed by atoms with Gasteiger partial charge in [-0.25, -0.2) is 5.01 Å². The van der Waals surface area contributed by atoms with Gasteiger partial charge in [-0.05, 0) is 48.0 Å². The van der Waals surface area contributed by atoms with Crippen molar-refractivity contribution in [2.75, 3.05) is 20.8 Å². The molecule has 0 unspecified atom stereocenters. The smallest absolute Gasteiger partial charge is 0.247 e. The van der Waals surface area contributed by atoms with Gasteiger partial charge in [-0.1, -0.05) is 30.3 Å². The number of carbonyl (C=O) groups excluding carboxylic acids is 1. The third-order valence-electron chi connectivity index (χ3n) is 5.04. The second-order valence-corrected chi connectivity index (χ2v) is 7.12. The van der Waals surface area contributed by atoms with Gasteiger partial charge in [0.05, 0.1) is 32.9 Å². The van der Waals surface area contributed by atoms with Crippen LogP contribution < -0.4 is 14.2 Å². The molecule has 3 aromatic carbocycles. The van der Waals surface area contributed by atoms with Crippen LogP contribution in [0.15, 0.2) is 77.9 Å². The standard InChI is InChI=1S/C25H24N2O4/c1-29-23-12-11-19(17-24(23)30-2)22-13-14-27(26-22)25(28)16-18-7-6-10-21(15-18)31-20-8-4-3-5-9-20/h3-12,15,17H,13-14,16H2,1-2H3. The highest BCUT2D eigenvalue weighted by Crippen LogP contribution is 2.29. The highest BCUT2D eigenvalue weighted by molar-refractivity contribution is 6.03. The first-order valence-corrected chi connectivity index (χ1v) is 10.1. The molecule has 3 aromatic rings. The Morgan fingerprint density at radius 1 is 0.903 bits per heavy atom. The summed E-state index contributed by atoms with van der Waals surface area (Å²) < 4.78 is 16.5. The number of ether oxygens (including phenoxy) is 3. The van der Waals surface area contributed by atoms with Gasteiger partial charge < -0.3 is 14.2 Å². The van der Waals surface area contributed by atoms with Crippen molar-refractivity contribution in [3.8, 4) is 23.0 Å². The monoisotopic (exact) mass is 416 g/mol. The molecule has 1 aliphatic rings. The molecule has 0 saturated carbocycles. The van der Waals surface area contributed by atoms with Gasteiger partial charge in [0.1, 0.15) is 11.5 Å². The summed E-state index contributed by atoms with van der Waals surface area (Å²) in [6, 6.07) is 22.8. The maximum absolute atomic E-state index is 12.8. The molecule has 31 heavy (non-hydrogen) atoms. The predicted molar refractivity (Wildman–Crippen MR) is 119 cm³/mol. The highest BCUT2D eigenvalue weighted by Gasteiger charge is 2.22. The van der Waals surface area contributed by atoms with E-state index in [0.29, 0.717) is 30.2 Å². The first kappa shape index (κ1) is 20.5. The van der Waals surface area contributed by atoms with E-state index in [2.05, 4.69) is 5.10 Å². The maximum Gasteiger partial charge on any atom is 0.247 e. The average molecular weight is 416 g/mol. The van der Waals surface area contributed by atoms with E-state index in [4.69, 9.17) is 14.2 Å². The Bertz CT molecular complexity index is 1100. The second kappa shape index (κ2) is 9.34. The van der Waals surface area contributed by atoms with Gasteiger partial charge in [0.15, 0.2) is 11.5 Å². The van der Waals surface area contributed by atoms with Crippen LogP contribution in [0.2, 0.25) is 0 Å². The van der Waals surface area contributed by atoms with Crippen molar-refractivity contribution in [2.24, 2.45) is 5.10 Å². The largest absolute Gasteiger partial charge is 0.493 e. The number of carbonyl (C=O) groups is 1. The van der Waals surface area contributed by atoms with Crippen molar-refractivity contribution in [1.82, 2.24) is 5.01 Å².